The molecule has 1 N–H and O–H groups in total. The first kappa shape index (κ1) is 15.8. The zero-order valence-corrected chi connectivity index (χ0v) is 13.3. The van der Waals surface area contributed by atoms with Crippen LogP contribution in [0.15, 0.2) is 6.20 Å². The molecule has 0 bridgehead atoms. The smallest absolute Gasteiger partial charge is 0.0638 e. The van der Waals surface area contributed by atoms with Crippen LogP contribution < -0.4 is 5.32 Å². The highest BCUT2D eigenvalue weighted by Crippen LogP contribution is 2.15. The Morgan fingerprint density at radius 2 is 2.05 bits per heavy atom. The summed E-state index contributed by atoms with van der Waals surface area (Å²) < 4.78 is 1.92. The van der Waals surface area contributed by atoms with Crippen molar-refractivity contribution in [2.24, 2.45) is 7.05 Å². The van der Waals surface area contributed by atoms with Crippen molar-refractivity contribution in [1.82, 2.24) is 24.9 Å². The van der Waals surface area contributed by atoms with Crippen LogP contribution in [0.1, 0.15) is 17.7 Å². The zero-order valence-electron chi connectivity index (χ0n) is 12.5. The number of hydrogen-bond acceptors (Lipinski definition) is 4. The largest absolute Gasteiger partial charge is 0.315 e. The van der Waals surface area contributed by atoms with Gasteiger partial charge in [-0.2, -0.15) is 5.10 Å². The molecule has 2 saturated heterocycles. The van der Waals surface area contributed by atoms with Crippen molar-refractivity contribution < 1.29 is 0 Å². The molecule has 2 fully saturated rings. The number of aromatic nitrogens is 2. The van der Waals surface area contributed by atoms with Gasteiger partial charge in [0.05, 0.1) is 5.69 Å². The van der Waals surface area contributed by atoms with Crippen LogP contribution >= 0.6 is 12.4 Å². The van der Waals surface area contributed by atoms with E-state index in [0.29, 0.717) is 0 Å². The lowest BCUT2D eigenvalue weighted by Crippen LogP contribution is -2.50. The highest BCUT2D eigenvalue weighted by Gasteiger charge is 2.26. The Morgan fingerprint density at radius 3 is 2.60 bits per heavy atom. The predicted octanol–water partition coefficient (Wildman–Crippen LogP) is 0.630. The van der Waals surface area contributed by atoms with Crippen LogP contribution in [0, 0.1) is 6.92 Å². The van der Waals surface area contributed by atoms with E-state index in [1.54, 1.807) is 0 Å². The molecule has 5 nitrogen and oxygen atoms in total. The van der Waals surface area contributed by atoms with Crippen molar-refractivity contribution >= 4 is 12.4 Å². The maximum atomic E-state index is 4.43. The van der Waals surface area contributed by atoms with Gasteiger partial charge in [-0.15, -0.1) is 12.4 Å². The SMILES string of the molecule is Cc1nn(C)cc1CN1CCN(C2CCNC2)CC1.Cl. The van der Waals surface area contributed by atoms with Gasteiger partial charge >= 0.3 is 0 Å². The minimum absolute atomic E-state index is 0. The van der Waals surface area contributed by atoms with Gasteiger partial charge in [0.2, 0.25) is 0 Å². The predicted molar refractivity (Wildman–Crippen MR) is 83.3 cm³/mol. The first-order valence-electron chi connectivity index (χ1n) is 7.38. The third-order valence-electron chi connectivity index (χ3n) is 4.47. The lowest BCUT2D eigenvalue weighted by Gasteiger charge is -2.37. The van der Waals surface area contributed by atoms with Gasteiger partial charge in [-0.1, -0.05) is 0 Å². The van der Waals surface area contributed by atoms with Gasteiger partial charge in [-0.3, -0.25) is 14.5 Å². The summed E-state index contributed by atoms with van der Waals surface area (Å²) in [7, 11) is 2.00. The zero-order chi connectivity index (χ0) is 13.2. The van der Waals surface area contributed by atoms with Gasteiger partial charge < -0.3 is 5.32 Å². The second-order valence-corrected chi connectivity index (χ2v) is 5.87. The number of halogens is 1. The van der Waals surface area contributed by atoms with E-state index in [1.165, 1.54) is 56.9 Å². The molecule has 0 spiro atoms. The molecule has 3 heterocycles. The summed E-state index contributed by atoms with van der Waals surface area (Å²) in [6.45, 7) is 10.3. The second-order valence-electron chi connectivity index (χ2n) is 5.87. The fourth-order valence-electron chi connectivity index (χ4n) is 3.28. The standard InChI is InChI=1S/C14H25N5.ClH/c1-12-13(10-17(2)16-12)11-18-5-7-19(8-6-18)14-3-4-15-9-14;/h10,14-15H,3-9,11H2,1-2H3;1H. The maximum absolute atomic E-state index is 4.43. The van der Waals surface area contributed by atoms with Crippen LogP contribution in [0.5, 0.6) is 0 Å². The van der Waals surface area contributed by atoms with Crippen molar-refractivity contribution in [2.75, 3.05) is 39.3 Å². The molecule has 20 heavy (non-hydrogen) atoms. The van der Waals surface area contributed by atoms with Crippen molar-refractivity contribution in [3.8, 4) is 0 Å². The highest BCUT2D eigenvalue weighted by molar-refractivity contribution is 5.85. The van der Waals surface area contributed by atoms with Crippen LogP contribution in [0.3, 0.4) is 0 Å². The molecule has 1 aromatic rings. The summed E-state index contributed by atoms with van der Waals surface area (Å²) in [5, 5.41) is 7.89. The van der Waals surface area contributed by atoms with Gasteiger partial charge in [-0.25, -0.2) is 0 Å². The van der Waals surface area contributed by atoms with Crippen LogP contribution in [-0.2, 0) is 13.6 Å². The van der Waals surface area contributed by atoms with E-state index in [9.17, 15) is 0 Å². The van der Waals surface area contributed by atoms with Crippen LogP contribution in [0.25, 0.3) is 0 Å². The van der Waals surface area contributed by atoms with Gasteiger partial charge in [-0.05, 0) is 19.9 Å². The summed E-state index contributed by atoms with van der Waals surface area (Å²) in [4.78, 5) is 5.22. The van der Waals surface area contributed by atoms with Crippen LogP contribution in [0.2, 0.25) is 0 Å². The molecular formula is C14H26ClN5. The monoisotopic (exact) mass is 299 g/mol. The third-order valence-corrected chi connectivity index (χ3v) is 4.47. The third kappa shape index (κ3) is 3.52. The van der Waals surface area contributed by atoms with Crippen LogP contribution in [0.4, 0.5) is 0 Å². The molecule has 1 atom stereocenters. The van der Waals surface area contributed by atoms with E-state index in [4.69, 9.17) is 0 Å². The maximum Gasteiger partial charge on any atom is 0.0638 e. The summed E-state index contributed by atoms with van der Waals surface area (Å²) in [5.41, 5.74) is 2.54. The Labute approximate surface area is 127 Å². The fraction of sp³-hybridized carbons (Fsp3) is 0.786. The van der Waals surface area contributed by atoms with Gasteiger partial charge in [0.25, 0.3) is 0 Å². The Bertz CT molecular complexity index is 419. The summed E-state index contributed by atoms with van der Waals surface area (Å²) in [6.07, 6.45) is 3.48. The first-order valence-corrected chi connectivity index (χ1v) is 7.38. The summed E-state index contributed by atoms with van der Waals surface area (Å²) in [5.74, 6) is 0. The lowest BCUT2D eigenvalue weighted by atomic mass is 10.1. The van der Waals surface area contributed by atoms with Gasteiger partial charge in [0, 0.05) is 64.1 Å². The first-order chi connectivity index (χ1) is 9.22. The molecule has 6 heteroatoms. The average Bonchev–Trinajstić information content (AvgIpc) is 3.01. The topological polar surface area (TPSA) is 36.3 Å². The van der Waals surface area contributed by atoms with E-state index >= 15 is 0 Å². The number of rotatable bonds is 3. The number of nitrogens with zero attached hydrogens (tertiary/aromatic N) is 4. The molecule has 1 unspecified atom stereocenters. The molecule has 2 aliphatic heterocycles. The van der Waals surface area contributed by atoms with E-state index in [2.05, 4.69) is 33.3 Å². The Balaban J connectivity index is 0.00000147. The Hall–Kier alpha value is -0.620. The second kappa shape index (κ2) is 6.89. The van der Waals surface area contributed by atoms with E-state index < -0.39 is 0 Å². The van der Waals surface area contributed by atoms with Crippen molar-refractivity contribution in [3.63, 3.8) is 0 Å². The molecule has 0 aromatic carbocycles. The Kier molecular flexibility index (Phi) is 5.43. The highest BCUT2D eigenvalue weighted by atomic mass is 35.5. The number of piperazine rings is 1. The van der Waals surface area contributed by atoms with Crippen molar-refractivity contribution in [3.05, 3.63) is 17.5 Å². The quantitative estimate of drug-likeness (QED) is 0.888. The average molecular weight is 300 g/mol. The number of nitrogens with one attached hydrogen (secondary N) is 1. The van der Waals surface area contributed by atoms with Crippen molar-refractivity contribution in [2.45, 2.75) is 25.9 Å². The molecule has 0 aliphatic carbocycles. The number of aryl methyl sites for hydroxylation is 2. The van der Waals surface area contributed by atoms with Crippen molar-refractivity contribution in [1.29, 1.82) is 0 Å². The normalized spacial score (nSPS) is 24.8. The molecule has 0 saturated carbocycles. The minimum Gasteiger partial charge on any atom is -0.315 e. The summed E-state index contributed by atoms with van der Waals surface area (Å²) >= 11 is 0. The molecule has 114 valence electrons. The molecule has 2 aliphatic rings. The number of hydrogen-bond donors (Lipinski definition) is 1. The van der Waals surface area contributed by atoms with Gasteiger partial charge in [0.15, 0.2) is 0 Å². The molecular weight excluding hydrogens is 274 g/mol. The van der Waals surface area contributed by atoms with E-state index in [1.807, 2.05) is 11.7 Å². The van der Waals surface area contributed by atoms with Crippen LogP contribution in [-0.4, -0.2) is 64.9 Å². The lowest BCUT2D eigenvalue weighted by molar-refractivity contribution is 0.0980. The molecule has 0 radical (unpaired) electrons. The summed E-state index contributed by atoms with van der Waals surface area (Å²) in [6, 6.07) is 0.780. The minimum atomic E-state index is 0. The molecule has 1 aromatic heterocycles. The Morgan fingerprint density at radius 1 is 1.30 bits per heavy atom. The van der Waals surface area contributed by atoms with E-state index in [-0.39, 0.29) is 12.4 Å². The fourth-order valence-corrected chi connectivity index (χ4v) is 3.28. The molecule has 0 amide bonds. The molecule has 3 rings (SSSR count). The van der Waals surface area contributed by atoms with E-state index in [0.717, 1.165) is 12.6 Å². The van der Waals surface area contributed by atoms with Gasteiger partial charge in [0.1, 0.15) is 0 Å².